The first kappa shape index (κ1) is 20.5. The van der Waals surface area contributed by atoms with Crippen LogP contribution >= 0.6 is 11.6 Å². The van der Waals surface area contributed by atoms with Gasteiger partial charge in [-0.1, -0.05) is 35.9 Å². The molecule has 0 bridgehead atoms. The normalized spacial score (nSPS) is 12.8. The number of nitrogens with one attached hydrogen (secondary N) is 2. The maximum atomic E-state index is 12.6. The quantitative estimate of drug-likeness (QED) is 0.716. The molecule has 0 spiro atoms. The fourth-order valence-electron chi connectivity index (χ4n) is 3.02. The summed E-state index contributed by atoms with van der Waals surface area (Å²) in [6, 6.07) is 12.3. The van der Waals surface area contributed by atoms with Gasteiger partial charge in [-0.3, -0.25) is 19.4 Å². The summed E-state index contributed by atoms with van der Waals surface area (Å²) in [5, 5.41) is 5.80. The Morgan fingerprint density at radius 1 is 1.07 bits per heavy atom. The molecule has 148 valence electrons. The minimum absolute atomic E-state index is 0.0229. The van der Waals surface area contributed by atoms with E-state index in [-0.39, 0.29) is 23.8 Å². The molecule has 6 nitrogen and oxygen atoms in total. The van der Waals surface area contributed by atoms with Crippen molar-refractivity contribution in [2.24, 2.45) is 4.99 Å². The van der Waals surface area contributed by atoms with E-state index in [1.54, 1.807) is 42.5 Å². The second kappa shape index (κ2) is 8.84. The number of amides is 2. The van der Waals surface area contributed by atoms with Crippen molar-refractivity contribution < 1.29 is 14.4 Å². The fraction of sp³-hybridized carbons (Fsp3) is 0.182. The predicted molar refractivity (Wildman–Crippen MR) is 113 cm³/mol. The topological polar surface area (TPSA) is 87.6 Å². The SMILES string of the molecule is CNC(=O)C1=C(C(=O)Nc2ccc(CC(=O)c3cccc(Cl)c3C)cc2)CC=N1. The Bertz CT molecular complexity index is 1040. The summed E-state index contributed by atoms with van der Waals surface area (Å²) in [6.07, 6.45) is 2.07. The van der Waals surface area contributed by atoms with E-state index in [2.05, 4.69) is 15.6 Å². The van der Waals surface area contributed by atoms with E-state index in [1.165, 1.54) is 13.3 Å². The number of Topliss-reactive ketones (excluding diaryl/α,β-unsaturated/α-hetero) is 1. The standard InChI is InChI=1S/C22H20ClN3O3/c1-13-16(4-3-5-18(13)23)19(27)12-14-6-8-15(9-7-14)26-21(28)17-10-11-25-20(17)22(29)24-2/h3-9,11H,10,12H2,1-2H3,(H,24,29)(H,26,28). The number of halogens is 1. The molecule has 29 heavy (non-hydrogen) atoms. The van der Waals surface area contributed by atoms with Crippen molar-refractivity contribution in [3.05, 3.63) is 75.4 Å². The number of likely N-dealkylation sites (N-methyl/N-ethyl adjacent to an activating group) is 1. The Morgan fingerprint density at radius 3 is 2.48 bits per heavy atom. The van der Waals surface area contributed by atoms with Gasteiger partial charge in [-0.05, 0) is 36.2 Å². The summed E-state index contributed by atoms with van der Waals surface area (Å²) < 4.78 is 0. The molecule has 0 fully saturated rings. The molecule has 2 aromatic rings. The number of ketones is 1. The van der Waals surface area contributed by atoms with Crippen molar-refractivity contribution in [3.63, 3.8) is 0 Å². The minimum Gasteiger partial charge on any atom is -0.354 e. The lowest BCUT2D eigenvalue weighted by molar-refractivity contribution is -0.118. The number of rotatable bonds is 6. The average Bonchev–Trinajstić information content (AvgIpc) is 3.21. The smallest absolute Gasteiger partial charge is 0.270 e. The molecule has 0 saturated heterocycles. The van der Waals surface area contributed by atoms with Crippen molar-refractivity contribution in [1.82, 2.24) is 5.32 Å². The molecule has 0 unspecified atom stereocenters. The molecule has 0 aromatic heterocycles. The number of hydrogen-bond acceptors (Lipinski definition) is 4. The van der Waals surface area contributed by atoms with Gasteiger partial charge in [0.25, 0.3) is 11.8 Å². The molecule has 3 rings (SSSR count). The number of carbonyl (C=O) groups excluding carboxylic acids is 3. The lowest BCUT2D eigenvalue weighted by Gasteiger charge is -2.09. The highest BCUT2D eigenvalue weighted by molar-refractivity contribution is 6.31. The van der Waals surface area contributed by atoms with Crippen molar-refractivity contribution in [1.29, 1.82) is 0 Å². The first-order valence-corrected chi connectivity index (χ1v) is 9.45. The summed E-state index contributed by atoms with van der Waals surface area (Å²) in [5.74, 6) is -0.793. The Balaban J connectivity index is 1.68. The maximum Gasteiger partial charge on any atom is 0.270 e. The van der Waals surface area contributed by atoms with Crippen LogP contribution in [-0.4, -0.2) is 30.9 Å². The zero-order valence-electron chi connectivity index (χ0n) is 16.1. The van der Waals surface area contributed by atoms with Gasteiger partial charge in [0.1, 0.15) is 5.70 Å². The number of nitrogens with zero attached hydrogens (tertiary/aromatic N) is 1. The monoisotopic (exact) mass is 409 g/mol. The fourth-order valence-corrected chi connectivity index (χ4v) is 3.19. The highest BCUT2D eigenvalue weighted by atomic mass is 35.5. The molecule has 2 aromatic carbocycles. The Hall–Kier alpha value is -3.25. The third kappa shape index (κ3) is 4.60. The molecule has 1 aliphatic heterocycles. The summed E-state index contributed by atoms with van der Waals surface area (Å²) in [5.41, 5.74) is 3.21. The molecular weight excluding hydrogens is 390 g/mol. The van der Waals surface area contributed by atoms with Crippen LogP contribution in [0.15, 0.2) is 58.7 Å². The molecule has 0 saturated carbocycles. The molecule has 2 amide bonds. The van der Waals surface area contributed by atoms with Crippen LogP contribution in [-0.2, 0) is 16.0 Å². The summed E-state index contributed by atoms with van der Waals surface area (Å²) in [7, 11) is 1.49. The van der Waals surface area contributed by atoms with Gasteiger partial charge >= 0.3 is 0 Å². The van der Waals surface area contributed by atoms with Gasteiger partial charge in [0.2, 0.25) is 0 Å². The van der Waals surface area contributed by atoms with Gasteiger partial charge in [-0.2, -0.15) is 0 Å². The number of anilines is 1. The van der Waals surface area contributed by atoms with Gasteiger partial charge in [0.05, 0.1) is 5.57 Å². The van der Waals surface area contributed by atoms with E-state index in [1.807, 2.05) is 6.92 Å². The highest BCUT2D eigenvalue weighted by Gasteiger charge is 2.23. The first-order valence-electron chi connectivity index (χ1n) is 9.07. The van der Waals surface area contributed by atoms with E-state index < -0.39 is 5.91 Å². The molecule has 0 aliphatic carbocycles. The van der Waals surface area contributed by atoms with E-state index in [9.17, 15) is 14.4 Å². The van der Waals surface area contributed by atoms with Crippen LogP contribution in [0.1, 0.15) is 27.9 Å². The van der Waals surface area contributed by atoms with E-state index >= 15 is 0 Å². The lowest BCUT2D eigenvalue weighted by atomic mass is 9.99. The number of carbonyl (C=O) groups is 3. The second-order valence-corrected chi connectivity index (χ2v) is 6.99. The zero-order chi connectivity index (χ0) is 21.0. The first-order chi connectivity index (χ1) is 13.9. The average molecular weight is 410 g/mol. The molecule has 2 N–H and O–H groups in total. The van der Waals surface area contributed by atoms with Crippen molar-refractivity contribution >= 4 is 41.1 Å². The van der Waals surface area contributed by atoms with E-state index in [0.717, 1.165) is 11.1 Å². The maximum absolute atomic E-state index is 12.6. The third-order valence-electron chi connectivity index (χ3n) is 4.66. The van der Waals surface area contributed by atoms with Gasteiger partial charge < -0.3 is 10.6 Å². The lowest BCUT2D eigenvalue weighted by Crippen LogP contribution is -2.23. The third-order valence-corrected chi connectivity index (χ3v) is 5.07. The molecule has 1 heterocycles. The highest BCUT2D eigenvalue weighted by Crippen LogP contribution is 2.22. The number of aliphatic imine (C=N–C) groups is 1. The van der Waals surface area contributed by atoms with Gasteiger partial charge in [0, 0.05) is 42.4 Å². The van der Waals surface area contributed by atoms with E-state index in [4.69, 9.17) is 11.6 Å². The van der Waals surface area contributed by atoms with Gasteiger partial charge in [0.15, 0.2) is 5.78 Å². The summed E-state index contributed by atoms with van der Waals surface area (Å²) in [6.45, 7) is 1.82. The summed E-state index contributed by atoms with van der Waals surface area (Å²) >= 11 is 6.09. The number of benzene rings is 2. The number of hydrogen-bond donors (Lipinski definition) is 2. The molecular formula is C22H20ClN3O3. The van der Waals surface area contributed by atoms with Gasteiger partial charge in [-0.15, -0.1) is 0 Å². The van der Waals surface area contributed by atoms with Crippen LogP contribution in [0.2, 0.25) is 5.02 Å². The Kier molecular flexibility index (Phi) is 6.24. The molecule has 0 radical (unpaired) electrons. The molecule has 7 heteroatoms. The second-order valence-electron chi connectivity index (χ2n) is 6.59. The van der Waals surface area contributed by atoms with E-state index in [0.29, 0.717) is 28.3 Å². The Morgan fingerprint density at radius 2 is 1.79 bits per heavy atom. The minimum atomic E-state index is -0.394. The predicted octanol–water partition coefficient (Wildman–Crippen LogP) is 3.49. The van der Waals surface area contributed by atoms with Crippen molar-refractivity contribution in [3.8, 4) is 0 Å². The largest absolute Gasteiger partial charge is 0.354 e. The van der Waals surface area contributed by atoms with Crippen LogP contribution in [0, 0.1) is 6.92 Å². The molecule has 1 aliphatic rings. The van der Waals surface area contributed by atoms with Crippen LogP contribution in [0.25, 0.3) is 0 Å². The zero-order valence-corrected chi connectivity index (χ0v) is 16.8. The Labute approximate surface area is 173 Å². The van der Waals surface area contributed by atoms with Crippen LogP contribution in [0.3, 0.4) is 0 Å². The van der Waals surface area contributed by atoms with Crippen molar-refractivity contribution in [2.75, 3.05) is 12.4 Å². The van der Waals surface area contributed by atoms with Crippen LogP contribution in [0.5, 0.6) is 0 Å². The molecule has 0 atom stereocenters. The van der Waals surface area contributed by atoms with Crippen LogP contribution < -0.4 is 10.6 Å². The van der Waals surface area contributed by atoms with Gasteiger partial charge in [-0.25, -0.2) is 0 Å². The summed E-state index contributed by atoms with van der Waals surface area (Å²) in [4.78, 5) is 40.8. The van der Waals surface area contributed by atoms with Crippen molar-refractivity contribution in [2.45, 2.75) is 19.8 Å². The van der Waals surface area contributed by atoms with Crippen LogP contribution in [0.4, 0.5) is 5.69 Å².